The molecule has 0 saturated carbocycles. The van der Waals surface area contributed by atoms with Crippen LogP contribution in [0.25, 0.3) is 0 Å². The van der Waals surface area contributed by atoms with Crippen LogP contribution in [-0.2, 0) is 14.3 Å². The standard InChI is InChI=1S/C11H19NO3/c1-6-7-11(9(13)14-5)8-15-10(2,3)12(11)4/h6H,1,7-8H2,2-5H3. The number of nitrogens with zero attached hydrogens (tertiary/aromatic N) is 1. The van der Waals surface area contributed by atoms with Crippen LogP contribution in [0.5, 0.6) is 0 Å². The van der Waals surface area contributed by atoms with Crippen molar-refractivity contribution in [2.45, 2.75) is 31.5 Å². The van der Waals surface area contributed by atoms with E-state index in [1.54, 1.807) is 6.08 Å². The van der Waals surface area contributed by atoms with Crippen molar-refractivity contribution in [3.8, 4) is 0 Å². The molecule has 1 fully saturated rings. The highest BCUT2D eigenvalue weighted by Gasteiger charge is 2.54. The third kappa shape index (κ3) is 1.79. The van der Waals surface area contributed by atoms with Gasteiger partial charge in [-0.05, 0) is 27.3 Å². The van der Waals surface area contributed by atoms with E-state index in [0.717, 1.165) is 0 Å². The number of esters is 1. The van der Waals surface area contributed by atoms with Crippen molar-refractivity contribution in [2.75, 3.05) is 20.8 Å². The van der Waals surface area contributed by atoms with E-state index < -0.39 is 11.3 Å². The average molecular weight is 213 g/mol. The summed E-state index contributed by atoms with van der Waals surface area (Å²) in [6.45, 7) is 7.88. The van der Waals surface area contributed by atoms with Gasteiger partial charge in [0.2, 0.25) is 0 Å². The van der Waals surface area contributed by atoms with Gasteiger partial charge in [-0.1, -0.05) is 6.08 Å². The maximum atomic E-state index is 11.8. The summed E-state index contributed by atoms with van der Waals surface area (Å²) >= 11 is 0. The predicted molar refractivity (Wildman–Crippen MR) is 57.4 cm³/mol. The van der Waals surface area contributed by atoms with Crippen LogP contribution in [0.3, 0.4) is 0 Å². The molecule has 1 unspecified atom stereocenters. The van der Waals surface area contributed by atoms with Gasteiger partial charge in [0.05, 0.1) is 13.7 Å². The minimum atomic E-state index is -0.722. The van der Waals surface area contributed by atoms with Gasteiger partial charge in [0.15, 0.2) is 0 Å². The second-order valence-corrected chi connectivity index (χ2v) is 4.31. The summed E-state index contributed by atoms with van der Waals surface area (Å²) in [5.41, 5.74) is -1.17. The minimum absolute atomic E-state index is 0.268. The molecule has 4 nitrogen and oxygen atoms in total. The SMILES string of the molecule is C=CCC1(C(=O)OC)COC(C)(C)N1C. The van der Waals surface area contributed by atoms with Gasteiger partial charge in [0, 0.05) is 0 Å². The lowest BCUT2D eigenvalue weighted by atomic mass is 9.94. The predicted octanol–water partition coefficient (Wildman–Crippen LogP) is 1.17. The molecule has 15 heavy (non-hydrogen) atoms. The summed E-state index contributed by atoms with van der Waals surface area (Å²) in [7, 11) is 3.26. The Hall–Kier alpha value is -0.870. The van der Waals surface area contributed by atoms with E-state index in [-0.39, 0.29) is 5.97 Å². The Bertz CT molecular complexity index is 275. The first-order chi connectivity index (χ1) is 6.90. The van der Waals surface area contributed by atoms with Crippen molar-refractivity contribution in [2.24, 2.45) is 0 Å². The van der Waals surface area contributed by atoms with E-state index in [1.807, 2.05) is 25.8 Å². The van der Waals surface area contributed by atoms with Crippen LogP contribution >= 0.6 is 0 Å². The second-order valence-electron chi connectivity index (χ2n) is 4.31. The lowest BCUT2D eigenvalue weighted by Gasteiger charge is -2.36. The third-order valence-electron chi connectivity index (χ3n) is 3.16. The zero-order valence-corrected chi connectivity index (χ0v) is 9.87. The number of carbonyl (C=O) groups is 1. The molecule has 0 aromatic rings. The van der Waals surface area contributed by atoms with E-state index in [9.17, 15) is 4.79 Å². The highest BCUT2D eigenvalue weighted by molar-refractivity contribution is 5.81. The van der Waals surface area contributed by atoms with E-state index in [0.29, 0.717) is 13.0 Å². The maximum Gasteiger partial charge on any atom is 0.329 e. The van der Waals surface area contributed by atoms with Gasteiger partial charge in [-0.2, -0.15) is 0 Å². The van der Waals surface area contributed by atoms with Crippen LogP contribution in [0.4, 0.5) is 0 Å². The fraction of sp³-hybridized carbons (Fsp3) is 0.727. The third-order valence-corrected chi connectivity index (χ3v) is 3.16. The monoisotopic (exact) mass is 213 g/mol. The molecule has 86 valence electrons. The first-order valence-electron chi connectivity index (χ1n) is 4.98. The summed E-state index contributed by atoms with van der Waals surface area (Å²) in [6.07, 6.45) is 2.25. The van der Waals surface area contributed by atoms with Crippen LogP contribution in [0.2, 0.25) is 0 Å². The molecule has 1 aliphatic heterocycles. The minimum Gasteiger partial charge on any atom is -0.468 e. The van der Waals surface area contributed by atoms with Crippen molar-refractivity contribution in [1.82, 2.24) is 4.90 Å². The largest absolute Gasteiger partial charge is 0.468 e. The summed E-state index contributed by atoms with van der Waals surface area (Å²) < 4.78 is 10.5. The molecule has 0 aromatic carbocycles. The number of hydrogen-bond donors (Lipinski definition) is 0. The average Bonchev–Trinajstić information content (AvgIpc) is 2.43. The molecule has 4 heteroatoms. The van der Waals surface area contributed by atoms with E-state index >= 15 is 0 Å². The zero-order chi connectivity index (χ0) is 11.7. The van der Waals surface area contributed by atoms with Gasteiger partial charge in [0.25, 0.3) is 0 Å². The molecule has 0 radical (unpaired) electrons. The molecule has 0 amide bonds. The van der Waals surface area contributed by atoms with Gasteiger partial charge >= 0.3 is 5.97 Å². The van der Waals surface area contributed by atoms with Crippen molar-refractivity contribution >= 4 is 5.97 Å². The summed E-state index contributed by atoms with van der Waals surface area (Å²) in [5, 5.41) is 0. The first-order valence-corrected chi connectivity index (χ1v) is 4.98. The van der Waals surface area contributed by atoms with Crippen LogP contribution in [0.15, 0.2) is 12.7 Å². The second kappa shape index (κ2) is 3.94. The van der Waals surface area contributed by atoms with Crippen LogP contribution < -0.4 is 0 Å². The van der Waals surface area contributed by atoms with Crippen LogP contribution in [-0.4, -0.2) is 42.9 Å². The highest BCUT2D eigenvalue weighted by Crippen LogP contribution is 2.36. The molecular weight excluding hydrogens is 194 g/mol. The summed E-state index contributed by atoms with van der Waals surface area (Å²) in [6, 6.07) is 0. The number of hydrogen-bond acceptors (Lipinski definition) is 4. The van der Waals surface area contributed by atoms with E-state index in [4.69, 9.17) is 9.47 Å². The van der Waals surface area contributed by atoms with Crippen molar-refractivity contribution in [3.05, 3.63) is 12.7 Å². The number of carbonyl (C=O) groups excluding carboxylic acids is 1. The Morgan fingerprint density at radius 2 is 2.27 bits per heavy atom. The van der Waals surface area contributed by atoms with Gasteiger partial charge in [-0.3, -0.25) is 4.90 Å². The Morgan fingerprint density at radius 1 is 1.67 bits per heavy atom. The van der Waals surface area contributed by atoms with Gasteiger partial charge in [0.1, 0.15) is 11.3 Å². The Morgan fingerprint density at radius 3 is 2.60 bits per heavy atom. The number of ether oxygens (including phenoxy) is 2. The van der Waals surface area contributed by atoms with Gasteiger partial charge in [-0.25, -0.2) is 4.79 Å². The molecule has 0 bridgehead atoms. The number of rotatable bonds is 3. The quantitative estimate of drug-likeness (QED) is 0.521. The highest BCUT2D eigenvalue weighted by atomic mass is 16.6. The molecule has 1 saturated heterocycles. The van der Waals surface area contributed by atoms with Crippen LogP contribution in [0.1, 0.15) is 20.3 Å². The lowest BCUT2D eigenvalue weighted by Crippen LogP contribution is -2.55. The van der Waals surface area contributed by atoms with Gasteiger partial charge in [-0.15, -0.1) is 6.58 Å². The zero-order valence-electron chi connectivity index (χ0n) is 9.87. The van der Waals surface area contributed by atoms with Gasteiger partial charge < -0.3 is 9.47 Å². The lowest BCUT2D eigenvalue weighted by molar-refractivity contribution is -0.154. The molecular formula is C11H19NO3. The maximum absolute atomic E-state index is 11.8. The van der Waals surface area contributed by atoms with Crippen molar-refractivity contribution in [3.63, 3.8) is 0 Å². The molecule has 1 atom stereocenters. The topological polar surface area (TPSA) is 38.8 Å². The number of methoxy groups -OCH3 is 1. The summed E-state index contributed by atoms with van der Waals surface area (Å²) in [4.78, 5) is 13.7. The molecule has 1 rings (SSSR count). The smallest absolute Gasteiger partial charge is 0.329 e. The molecule has 0 aromatic heterocycles. The normalized spacial score (nSPS) is 30.1. The number of likely N-dealkylation sites (N-methyl/N-ethyl adjacent to an activating group) is 1. The fourth-order valence-corrected chi connectivity index (χ4v) is 1.91. The Kier molecular flexibility index (Phi) is 3.21. The molecule has 0 aliphatic carbocycles. The summed E-state index contributed by atoms with van der Waals surface area (Å²) in [5.74, 6) is -0.268. The Balaban J connectivity index is 3.03. The molecule has 1 heterocycles. The van der Waals surface area contributed by atoms with Crippen molar-refractivity contribution < 1.29 is 14.3 Å². The molecule has 0 spiro atoms. The van der Waals surface area contributed by atoms with E-state index in [1.165, 1.54) is 7.11 Å². The Labute approximate surface area is 90.8 Å². The van der Waals surface area contributed by atoms with Crippen molar-refractivity contribution in [1.29, 1.82) is 0 Å². The van der Waals surface area contributed by atoms with E-state index in [2.05, 4.69) is 6.58 Å². The molecule has 1 aliphatic rings. The van der Waals surface area contributed by atoms with Crippen LogP contribution in [0, 0.1) is 0 Å². The fourth-order valence-electron chi connectivity index (χ4n) is 1.91. The molecule has 0 N–H and O–H groups in total. The first kappa shape index (κ1) is 12.2.